The van der Waals surface area contributed by atoms with Crippen molar-refractivity contribution in [1.29, 1.82) is 0 Å². The van der Waals surface area contributed by atoms with E-state index in [0.717, 1.165) is 4.90 Å². The summed E-state index contributed by atoms with van der Waals surface area (Å²) in [6.45, 7) is 1.60. The maximum Gasteiger partial charge on any atom is 0.344 e. The first kappa shape index (κ1) is 21.3. The predicted molar refractivity (Wildman–Crippen MR) is 107 cm³/mol. The van der Waals surface area contributed by atoms with Crippen LogP contribution in [0.5, 0.6) is 5.75 Å². The summed E-state index contributed by atoms with van der Waals surface area (Å²) < 4.78 is 15.8. The molecule has 1 fully saturated rings. The number of hydrogen-bond acceptors (Lipinski definition) is 7. The third kappa shape index (κ3) is 4.95. The SMILES string of the molecule is CCOC(=O)COc1ccc(/C=C2\C(=O)NC(=O)N(Cc3ccco3)C2=O)cc1Br. The number of furan rings is 1. The number of imide groups is 2. The number of ether oxygens (including phenoxy) is 2. The van der Waals surface area contributed by atoms with E-state index in [9.17, 15) is 19.2 Å². The van der Waals surface area contributed by atoms with E-state index in [1.165, 1.54) is 12.3 Å². The number of halogens is 1. The minimum atomic E-state index is -0.817. The van der Waals surface area contributed by atoms with Crippen LogP contribution in [0, 0.1) is 0 Å². The summed E-state index contributed by atoms with van der Waals surface area (Å²) in [5.41, 5.74) is 0.310. The van der Waals surface area contributed by atoms with E-state index in [4.69, 9.17) is 13.9 Å². The minimum Gasteiger partial charge on any atom is -0.481 e. The maximum absolute atomic E-state index is 12.7. The Morgan fingerprint density at radius 2 is 2.07 bits per heavy atom. The van der Waals surface area contributed by atoms with E-state index in [-0.39, 0.29) is 25.3 Å². The van der Waals surface area contributed by atoms with E-state index in [0.29, 0.717) is 21.5 Å². The van der Waals surface area contributed by atoms with Crippen LogP contribution in [0.4, 0.5) is 4.79 Å². The van der Waals surface area contributed by atoms with Crippen LogP contribution in [-0.2, 0) is 25.7 Å². The molecule has 1 aromatic carbocycles. The van der Waals surface area contributed by atoms with Crippen molar-refractivity contribution in [3.63, 3.8) is 0 Å². The Morgan fingerprint density at radius 3 is 2.73 bits per heavy atom. The van der Waals surface area contributed by atoms with Crippen molar-refractivity contribution in [2.75, 3.05) is 13.2 Å². The first-order valence-corrected chi connectivity index (χ1v) is 9.67. The van der Waals surface area contributed by atoms with Gasteiger partial charge >= 0.3 is 12.0 Å². The zero-order valence-electron chi connectivity index (χ0n) is 15.8. The number of benzene rings is 1. The number of esters is 1. The molecule has 9 nitrogen and oxygen atoms in total. The molecule has 1 aromatic heterocycles. The molecule has 0 spiro atoms. The fourth-order valence-electron chi connectivity index (χ4n) is 2.63. The first-order valence-electron chi connectivity index (χ1n) is 8.88. The monoisotopic (exact) mass is 476 g/mol. The standard InChI is InChI=1S/C20H17BrN2O7/c1-2-28-17(24)11-30-16-6-5-12(9-15(16)21)8-14-18(25)22-20(27)23(19(14)26)10-13-4-3-7-29-13/h3-9H,2,10-11H2,1H3,(H,22,25,27)/b14-8+. The van der Waals surface area contributed by atoms with Crippen molar-refractivity contribution in [2.45, 2.75) is 13.5 Å². The van der Waals surface area contributed by atoms with Crippen LogP contribution in [0.25, 0.3) is 6.08 Å². The average Bonchev–Trinajstić information content (AvgIpc) is 3.21. The van der Waals surface area contributed by atoms with Crippen molar-refractivity contribution >= 4 is 45.8 Å². The molecule has 30 heavy (non-hydrogen) atoms. The number of amides is 4. The Morgan fingerprint density at radius 1 is 1.27 bits per heavy atom. The molecule has 4 amide bonds. The van der Waals surface area contributed by atoms with Gasteiger partial charge in [0, 0.05) is 0 Å². The zero-order chi connectivity index (χ0) is 21.7. The molecule has 1 saturated heterocycles. The Bertz CT molecular complexity index is 1010. The lowest BCUT2D eigenvalue weighted by Crippen LogP contribution is -2.53. The average molecular weight is 477 g/mol. The molecule has 0 unspecified atom stereocenters. The second-order valence-corrected chi connectivity index (χ2v) is 6.93. The van der Waals surface area contributed by atoms with Gasteiger partial charge in [-0.1, -0.05) is 6.07 Å². The normalized spacial score (nSPS) is 15.3. The Kier molecular flexibility index (Phi) is 6.68. The zero-order valence-corrected chi connectivity index (χ0v) is 17.4. The lowest BCUT2D eigenvalue weighted by Gasteiger charge is -2.25. The molecule has 0 bridgehead atoms. The topological polar surface area (TPSA) is 115 Å². The molecule has 0 radical (unpaired) electrons. The molecule has 0 atom stereocenters. The highest BCUT2D eigenvalue weighted by atomic mass is 79.9. The van der Waals surface area contributed by atoms with E-state index >= 15 is 0 Å². The molecule has 156 valence electrons. The number of carbonyl (C=O) groups is 4. The number of urea groups is 1. The molecule has 2 heterocycles. The van der Waals surface area contributed by atoms with E-state index in [1.54, 1.807) is 37.3 Å². The van der Waals surface area contributed by atoms with Crippen LogP contribution in [0.1, 0.15) is 18.2 Å². The molecule has 1 N–H and O–H groups in total. The molecule has 2 aromatic rings. The molecular formula is C20H17BrN2O7. The Labute approximate surface area is 179 Å². The van der Waals surface area contributed by atoms with Gasteiger partial charge in [0.15, 0.2) is 6.61 Å². The second-order valence-electron chi connectivity index (χ2n) is 6.07. The van der Waals surface area contributed by atoms with E-state index < -0.39 is 23.8 Å². The highest BCUT2D eigenvalue weighted by Gasteiger charge is 2.36. The highest BCUT2D eigenvalue weighted by Crippen LogP contribution is 2.27. The van der Waals surface area contributed by atoms with Gasteiger partial charge in [-0.25, -0.2) is 9.59 Å². The summed E-state index contributed by atoms with van der Waals surface area (Å²) in [5.74, 6) is -1.24. The minimum absolute atomic E-state index is 0.105. The lowest BCUT2D eigenvalue weighted by atomic mass is 10.1. The van der Waals surface area contributed by atoms with Gasteiger partial charge in [0.05, 0.1) is 23.9 Å². The summed E-state index contributed by atoms with van der Waals surface area (Å²) in [4.78, 5) is 49.3. The Hall–Kier alpha value is -3.40. The van der Waals surface area contributed by atoms with Gasteiger partial charge < -0.3 is 13.9 Å². The fourth-order valence-corrected chi connectivity index (χ4v) is 3.14. The molecule has 1 aliphatic heterocycles. The van der Waals surface area contributed by atoms with Gasteiger partial charge in [-0.05, 0) is 58.8 Å². The molecular weight excluding hydrogens is 460 g/mol. The number of nitrogens with zero attached hydrogens (tertiary/aromatic N) is 1. The largest absolute Gasteiger partial charge is 0.481 e. The van der Waals surface area contributed by atoms with E-state index in [1.807, 2.05) is 0 Å². The van der Waals surface area contributed by atoms with Crippen molar-refractivity contribution < 1.29 is 33.1 Å². The number of carbonyl (C=O) groups excluding carboxylic acids is 4. The van der Waals surface area contributed by atoms with Gasteiger partial charge in [0.25, 0.3) is 11.8 Å². The van der Waals surface area contributed by atoms with Crippen molar-refractivity contribution in [1.82, 2.24) is 10.2 Å². The number of hydrogen-bond donors (Lipinski definition) is 1. The summed E-state index contributed by atoms with van der Waals surface area (Å²) in [6, 6.07) is 7.22. The third-order valence-corrected chi connectivity index (χ3v) is 4.62. The van der Waals surface area contributed by atoms with Crippen molar-refractivity contribution in [3.8, 4) is 5.75 Å². The van der Waals surface area contributed by atoms with Crippen LogP contribution < -0.4 is 10.1 Å². The van der Waals surface area contributed by atoms with Crippen LogP contribution in [-0.4, -0.2) is 41.9 Å². The number of rotatable bonds is 7. The first-order chi connectivity index (χ1) is 14.4. The predicted octanol–water partition coefficient (Wildman–Crippen LogP) is 2.65. The van der Waals surface area contributed by atoms with E-state index in [2.05, 4.69) is 21.2 Å². The molecule has 0 saturated carbocycles. The molecule has 0 aliphatic carbocycles. The van der Waals surface area contributed by atoms with Crippen LogP contribution in [0.3, 0.4) is 0 Å². The summed E-state index contributed by atoms with van der Waals surface area (Å²) >= 11 is 3.32. The molecule has 1 aliphatic rings. The Balaban J connectivity index is 1.77. The number of nitrogens with one attached hydrogen (secondary N) is 1. The summed E-state index contributed by atoms with van der Waals surface area (Å²) in [6.07, 6.45) is 2.78. The quantitative estimate of drug-likeness (QED) is 0.371. The van der Waals surface area contributed by atoms with Crippen molar-refractivity contribution in [2.24, 2.45) is 0 Å². The molecule has 3 rings (SSSR count). The second kappa shape index (κ2) is 9.40. The van der Waals surface area contributed by atoms with Crippen LogP contribution in [0.15, 0.2) is 51.1 Å². The summed E-state index contributed by atoms with van der Waals surface area (Å²) in [7, 11) is 0. The number of barbiturate groups is 1. The highest BCUT2D eigenvalue weighted by molar-refractivity contribution is 9.10. The van der Waals surface area contributed by atoms with Crippen LogP contribution in [0.2, 0.25) is 0 Å². The van der Waals surface area contributed by atoms with Crippen molar-refractivity contribution in [3.05, 3.63) is 58.0 Å². The van der Waals surface area contributed by atoms with Gasteiger partial charge in [-0.3, -0.25) is 19.8 Å². The van der Waals surface area contributed by atoms with Crippen LogP contribution >= 0.6 is 15.9 Å². The molecule has 10 heteroatoms. The smallest absolute Gasteiger partial charge is 0.344 e. The van der Waals surface area contributed by atoms with Gasteiger partial charge in [0.1, 0.15) is 17.1 Å². The third-order valence-electron chi connectivity index (χ3n) is 4.00. The summed E-state index contributed by atoms with van der Waals surface area (Å²) in [5, 5.41) is 2.14. The fraction of sp³-hybridized carbons (Fsp3) is 0.200. The van der Waals surface area contributed by atoms with Gasteiger partial charge in [-0.2, -0.15) is 0 Å². The lowest BCUT2D eigenvalue weighted by molar-refractivity contribution is -0.145. The van der Waals surface area contributed by atoms with Gasteiger partial charge in [0.2, 0.25) is 0 Å². The maximum atomic E-state index is 12.7. The van der Waals surface area contributed by atoms with Gasteiger partial charge in [-0.15, -0.1) is 0 Å².